The van der Waals surface area contributed by atoms with E-state index in [9.17, 15) is 4.79 Å². The van der Waals surface area contributed by atoms with E-state index < -0.39 is 5.97 Å². The van der Waals surface area contributed by atoms with Crippen LogP contribution in [0.5, 0.6) is 0 Å². The lowest BCUT2D eigenvalue weighted by atomic mass is 10.2. The van der Waals surface area contributed by atoms with Crippen molar-refractivity contribution >= 4 is 21.9 Å². The van der Waals surface area contributed by atoms with E-state index in [2.05, 4.69) is 32.0 Å². The highest BCUT2D eigenvalue weighted by Crippen LogP contribution is 2.20. The molecule has 0 unspecified atom stereocenters. The number of hydrogen-bond donors (Lipinski definition) is 1. The number of aliphatic carboxylic acids is 1. The molecule has 0 aliphatic heterocycles. The molecule has 0 fully saturated rings. The van der Waals surface area contributed by atoms with Crippen LogP contribution in [0.4, 0.5) is 0 Å². The molecule has 0 aliphatic carbocycles. The number of rotatable bonds is 6. The quantitative estimate of drug-likeness (QED) is 0.803. The molecule has 0 bridgehead atoms. The van der Waals surface area contributed by atoms with Gasteiger partial charge in [0.1, 0.15) is 0 Å². The number of halogens is 1. The van der Waals surface area contributed by atoms with E-state index in [1.54, 1.807) is 0 Å². The highest BCUT2D eigenvalue weighted by atomic mass is 79.9. The summed E-state index contributed by atoms with van der Waals surface area (Å²) < 4.78 is 6.05. The van der Waals surface area contributed by atoms with Gasteiger partial charge in [0, 0.05) is 10.0 Å². The monoisotopic (exact) mass is 349 g/mol. The van der Waals surface area contributed by atoms with E-state index >= 15 is 0 Å². The predicted octanol–water partition coefficient (Wildman–Crippen LogP) is 2.02. The van der Waals surface area contributed by atoms with Crippen LogP contribution in [0.25, 0.3) is 11.4 Å². The summed E-state index contributed by atoms with van der Waals surface area (Å²) in [6.45, 7) is 0.206. The van der Waals surface area contributed by atoms with E-state index in [-0.39, 0.29) is 19.6 Å². The molecule has 0 aliphatic rings. The first-order chi connectivity index (χ1) is 10.1. The van der Waals surface area contributed by atoms with Crippen LogP contribution in [-0.2, 0) is 11.3 Å². The average Bonchev–Trinajstić information content (AvgIpc) is 2.87. The zero-order valence-corrected chi connectivity index (χ0v) is 12.6. The minimum Gasteiger partial charge on any atom is -0.480 e. The lowest BCUT2D eigenvalue weighted by Gasteiger charge is -2.13. The van der Waals surface area contributed by atoms with Crippen molar-refractivity contribution in [3.05, 3.63) is 34.6 Å². The molecule has 1 heterocycles. The van der Waals surface area contributed by atoms with E-state index in [1.165, 1.54) is 4.90 Å². The van der Waals surface area contributed by atoms with Crippen molar-refractivity contribution in [2.24, 2.45) is 0 Å². The summed E-state index contributed by atoms with van der Waals surface area (Å²) in [6, 6.07) is 7.48. The molecule has 0 radical (unpaired) electrons. The molecular formula is C14H12BrN3O3. The Labute approximate surface area is 129 Å². The Balaban J connectivity index is 2.12. The van der Waals surface area contributed by atoms with Crippen LogP contribution in [0, 0.1) is 12.3 Å². The molecule has 1 aromatic carbocycles. The van der Waals surface area contributed by atoms with Gasteiger partial charge in [-0.15, -0.1) is 6.42 Å². The van der Waals surface area contributed by atoms with Gasteiger partial charge in [0.25, 0.3) is 0 Å². The highest BCUT2D eigenvalue weighted by molar-refractivity contribution is 9.10. The van der Waals surface area contributed by atoms with Crippen molar-refractivity contribution in [2.45, 2.75) is 6.54 Å². The topological polar surface area (TPSA) is 79.5 Å². The molecule has 0 saturated carbocycles. The molecule has 7 heteroatoms. The molecule has 2 rings (SSSR count). The van der Waals surface area contributed by atoms with Crippen LogP contribution in [0.2, 0.25) is 0 Å². The second kappa shape index (κ2) is 7.02. The molecule has 1 aromatic heterocycles. The Kier molecular flexibility index (Phi) is 5.09. The maximum Gasteiger partial charge on any atom is 0.317 e. The van der Waals surface area contributed by atoms with Gasteiger partial charge in [-0.3, -0.25) is 9.69 Å². The largest absolute Gasteiger partial charge is 0.480 e. The maximum absolute atomic E-state index is 10.8. The molecule has 0 saturated heterocycles. The van der Waals surface area contributed by atoms with E-state index in [1.807, 2.05) is 24.3 Å². The molecule has 6 nitrogen and oxygen atoms in total. The Morgan fingerprint density at radius 1 is 1.52 bits per heavy atom. The standard InChI is InChI=1S/C14H12BrN3O3/c1-2-6-18(9-13(19)20)8-12-16-14(17-21-12)10-4-3-5-11(15)7-10/h1,3-5,7H,6,8-9H2,(H,19,20). The summed E-state index contributed by atoms with van der Waals surface area (Å²) in [5, 5.41) is 12.7. The first kappa shape index (κ1) is 15.2. The van der Waals surface area contributed by atoms with Crippen LogP contribution in [0.3, 0.4) is 0 Å². The maximum atomic E-state index is 10.8. The van der Waals surface area contributed by atoms with Gasteiger partial charge in [-0.1, -0.05) is 39.1 Å². The molecule has 0 atom stereocenters. The van der Waals surface area contributed by atoms with Crippen molar-refractivity contribution < 1.29 is 14.4 Å². The second-order valence-corrected chi connectivity index (χ2v) is 5.18. The van der Waals surface area contributed by atoms with Gasteiger partial charge >= 0.3 is 5.97 Å². The smallest absolute Gasteiger partial charge is 0.317 e. The summed E-state index contributed by atoms with van der Waals surface area (Å²) in [5.41, 5.74) is 0.807. The third-order valence-electron chi connectivity index (χ3n) is 2.58. The van der Waals surface area contributed by atoms with Crippen LogP contribution >= 0.6 is 15.9 Å². The minimum absolute atomic E-state index is 0.182. The number of carboxylic acids is 1. The lowest BCUT2D eigenvalue weighted by molar-refractivity contribution is -0.138. The third kappa shape index (κ3) is 4.41. The van der Waals surface area contributed by atoms with E-state index in [4.69, 9.17) is 16.1 Å². The zero-order valence-electron chi connectivity index (χ0n) is 11.0. The number of terminal acetylenes is 1. The summed E-state index contributed by atoms with van der Waals surface area (Å²) in [4.78, 5) is 16.5. The Hall–Kier alpha value is -2.17. The second-order valence-electron chi connectivity index (χ2n) is 4.27. The molecule has 108 valence electrons. The van der Waals surface area contributed by atoms with Crippen molar-refractivity contribution in [1.82, 2.24) is 15.0 Å². The number of hydrogen-bond acceptors (Lipinski definition) is 5. The first-order valence-electron chi connectivity index (χ1n) is 6.04. The van der Waals surface area contributed by atoms with Crippen LogP contribution < -0.4 is 0 Å². The van der Waals surface area contributed by atoms with Crippen molar-refractivity contribution in [3.8, 4) is 23.7 Å². The van der Waals surface area contributed by atoms with Gasteiger partial charge < -0.3 is 9.63 Å². The van der Waals surface area contributed by atoms with Gasteiger partial charge in [0.2, 0.25) is 11.7 Å². The summed E-state index contributed by atoms with van der Waals surface area (Å²) in [5.74, 6) is 2.21. The van der Waals surface area contributed by atoms with Gasteiger partial charge in [-0.25, -0.2) is 0 Å². The van der Waals surface area contributed by atoms with Crippen molar-refractivity contribution in [2.75, 3.05) is 13.1 Å². The average molecular weight is 350 g/mol. The van der Waals surface area contributed by atoms with E-state index in [0.717, 1.165) is 10.0 Å². The third-order valence-corrected chi connectivity index (χ3v) is 3.08. The summed E-state index contributed by atoms with van der Waals surface area (Å²) in [6.07, 6.45) is 5.22. The van der Waals surface area contributed by atoms with E-state index in [0.29, 0.717) is 11.7 Å². The molecule has 0 amide bonds. The molecule has 0 spiro atoms. The zero-order chi connectivity index (χ0) is 15.2. The lowest BCUT2D eigenvalue weighted by Crippen LogP contribution is -2.29. The number of carboxylic acid groups (broad SMARTS) is 1. The first-order valence-corrected chi connectivity index (χ1v) is 6.84. The van der Waals surface area contributed by atoms with Crippen molar-refractivity contribution in [3.63, 3.8) is 0 Å². The normalized spacial score (nSPS) is 10.5. The van der Waals surface area contributed by atoms with Crippen molar-refractivity contribution in [1.29, 1.82) is 0 Å². The summed E-state index contributed by atoms with van der Waals surface area (Å²) in [7, 11) is 0. The number of benzene rings is 1. The van der Waals surface area contributed by atoms with Crippen LogP contribution in [0.1, 0.15) is 5.89 Å². The molecular weight excluding hydrogens is 338 g/mol. The predicted molar refractivity (Wildman–Crippen MR) is 79.2 cm³/mol. The number of nitrogens with zero attached hydrogens (tertiary/aromatic N) is 3. The Morgan fingerprint density at radius 2 is 2.33 bits per heavy atom. The fourth-order valence-corrected chi connectivity index (χ4v) is 2.14. The molecule has 21 heavy (non-hydrogen) atoms. The van der Waals surface area contributed by atoms with Gasteiger partial charge in [-0.05, 0) is 12.1 Å². The van der Waals surface area contributed by atoms with Gasteiger partial charge in [0.05, 0.1) is 19.6 Å². The fourth-order valence-electron chi connectivity index (χ4n) is 1.74. The Morgan fingerprint density at radius 3 is 3.00 bits per heavy atom. The van der Waals surface area contributed by atoms with Gasteiger partial charge in [-0.2, -0.15) is 4.98 Å². The van der Waals surface area contributed by atoms with Crippen LogP contribution in [0.15, 0.2) is 33.3 Å². The minimum atomic E-state index is -0.961. The van der Waals surface area contributed by atoms with Crippen LogP contribution in [-0.4, -0.2) is 39.2 Å². The Bertz CT molecular complexity index is 678. The van der Waals surface area contributed by atoms with Gasteiger partial charge in [0.15, 0.2) is 0 Å². The fraction of sp³-hybridized carbons (Fsp3) is 0.214. The molecule has 1 N–H and O–H groups in total. The highest BCUT2D eigenvalue weighted by Gasteiger charge is 2.15. The number of aromatic nitrogens is 2. The number of carbonyl (C=O) groups is 1. The summed E-state index contributed by atoms with van der Waals surface area (Å²) >= 11 is 3.37. The SMILES string of the molecule is C#CCN(CC(=O)O)Cc1nc(-c2cccc(Br)c2)no1. The molecule has 2 aromatic rings.